The fourth-order valence-electron chi connectivity index (χ4n) is 6.10. The molecule has 160 valence electrons. The Kier molecular flexibility index (Phi) is 4.15. The lowest BCUT2D eigenvalue weighted by molar-refractivity contribution is 0.275. The third-order valence-corrected chi connectivity index (χ3v) is 9.98. The Balaban J connectivity index is 1.68. The van der Waals surface area contributed by atoms with Crippen molar-refractivity contribution in [2.75, 3.05) is 0 Å². The van der Waals surface area contributed by atoms with Crippen molar-refractivity contribution in [1.29, 1.82) is 0 Å². The average Bonchev–Trinajstić information content (AvgIpc) is 3.37. The number of oxime groups is 1. The van der Waals surface area contributed by atoms with E-state index in [2.05, 4.69) is 5.16 Å². The molecule has 2 saturated carbocycles. The van der Waals surface area contributed by atoms with Gasteiger partial charge in [0.2, 0.25) is 20.0 Å². The molecular formula is C20H23N3O5S2. The molecule has 4 unspecified atom stereocenters. The maximum absolute atomic E-state index is 12.9. The molecule has 1 aromatic rings. The van der Waals surface area contributed by atoms with Gasteiger partial charge < -0.3 is 5.21 Å². The van der Waals surface area contributed by atoms with Gasteiger partial charge in [-0.05, 0) is 66.7 Å². The molecular weight excluding hydrogens is 426 g/mol. The van der Waals surface area contributed by atoms with Gasteiger partial charge in [0.25, 0.3) is 0 Å². The molecule has 0 aromatic heterocycles. The van der Waals surface area contributed by atoms with Crippen molar-refractivity contribution in [2.45, 2.75) is 41.7 Å². The van der Waals surface area contributed by atoms with Gasteiger partial charge in [0, 0.05) is 11.1 Å². The second-order valence-electron chi connectivity index (χ2n) is 8.86. The molecule has 5 rings (SSSR count). The van der Waals surface area contributed by atoms with Gasteiger partial charge in [-0.1, -0.05) is 29.8 Å². The fourth-order valence-corrected chi connectivity index (χ4v) is 7.95. The van der Waals surface area contributed by atoms with Gasteiger partial charge in [-0.25, -0.2) is 27.1 Å². The number of nitrogens with zero attached hydrogens (tertiary/aromatic N) is 1. The second-order valence-corrected chi connectivity index (χ2v) is 12.3. The Hall–Kier alpha value is -2.01. The predicted molar refractivity (Wildman–Crippen MR) is 112 cm³/mol. The van der Waals surface area contributed by atoms with Gasteiger partial charge in [-0.15, -0.1) is 0 Å². The number of sulfonamides is 2. The number of allylic oxidation sites excluding steroid dienone is 3. The first-order valence-corrected chi connectivity index (χ1v) is 13.0. The number of hydrogen-bond donors (Lipinski definition) is 3. The largest absolute Gasteiger partial charge is 0.410 e. The zero-order valence-electron chi connectivity index (χ0n) is 16.2. The van der Waals surface area contributed by atoms with Crippen LogP contribution in [-0.2, 0) is 20.0 Å². The lowest BCUT2D eigenvalue weighted by atomic mass is 9.73. The molecule has 4 aliphatic rings. The van der Waals surface area contributed by atoms with Gasteiger partial charge >= 0.3 is 0 Å². The van der Waals surface area contributed by atoms with E-state index in [9.17, 15) is 22.0 Å². The summed E-state index contributed by atoms with van der Waals surface area (Å²) < 4.78 is 48.1. The van der Waals surface area contributed by atoms with E-state index >= 15 is 0 Å². The molecule has 4 atom stereocenters. The SMILES string of the molecule is NS(=O)(=O)c1ccc2c(c1)C(=NO)C1=CC(C3CC4CCC3C4)(S(N)(=O)=O)CC=C12. The van der Waals surface area contributed by atoms with Crippen LogP contribution in [0.3, 0.4) is 0 Å². The number of hydrogen-bond acceptors (Lipinski definition) is 6. The Morgan fingerprint density at radius 1 is 1.03 bits per heavy atom. The maximum atomic E-state index is 12.9. The van der Waals surface area contributed by atoms with E-state index in [4.69, 9.17) is 10.3 Å². The molecule has 0 radical (unpaired) electrons. The lowest BCUT2D eigenvalue weighted by Gasteiger charge is -2.40. The minimum atomic E-state index is -3.96. The van der Waals surface area contributed by atoms with Crippen molar-refractivity contribution in [3.05, 3.63) is 47.1 Å². The van der Waals surface area contributed by atoms with Crippen molar-refractivity contribution in [1.82, 2.24) is 0 Å². The maximum Gasteiger partial charge on any atom is 0.238 e. The van der Waals surface area contributed by atoms with Gasteiger partial charge in [0.05, 0.1) is 4.90 Å². The molecule has 10 heteroatoms. The summed E-state index contributed by atoms with van der Waals surface area (Å²) in [7, 11) is -7.90. The fraction of sp³-hybridized carbons (Fsp3) is 0.450. The smallest absolute Gasteiger partial charge is 0.238 e. The van der Waals surface area contributed by atoms with E-state index < -0.39 is 24.8 Å². The Labute approximate surface area is 175 Å². The molecule has 0 aliphatic heterocycles. The van der Waals surface area contributed by atoms with Crippen LogP contribution in [0.4, 0.5) is 0 Å². The molecule has 2 bridgehead atoms. The van der Waals surface area contributed by atoms with Crippen LogP contribution in [0.2, 0.25) is 0 Å². The summed E-state index contributed by atoms with van der Waals surface area (Å²) in [4.78, 5) is -0.104. The Morgan fingerprint density at radius 2 is 1.80 bits per heavy atom. The first kappa shape index (κ1) is 19.9. The third-order valence-electron chi connectivity index (χ3n) is 7.42. The van der Waals surface area contributed by atoms with Gasteiger partial charge in [-0.2, -0.15) is 0 Å². The molecule has 4 aliphatic carbocycles. The van der Waals surface area contributed by atoms with Crippen LogP contribution in [0.1, 0.15) is 43.2 Å². The highest BCUT2D eigenvalue weighted by molar-refractivity contribution is 7.90. The van der Waals surface area contributed by atoms with Crippen molar-refractivity contribution >= 4 is 31.3 Å². The van der Waals surface area contributed by atoms with Crippen LogP contribution in [-0.4, -0.2) is 32.5 Å². The van der Waals surface area contributed by atoms with E-state index in [1.165, 1.54) is 12.1 Å². The number of nitrogens with two attached hydrogens (primary N) is 2. The zero-order chi connectivity index (χ0) is 21.5. The first-order chi connectivity index (χ1) is 14.0. The summed E-state index contributed by atoms with van der Waals surface area (Å²) in [5, 5.41) is 24.2. The number of benzene rings is 1. The summed E-state index contributed by atoms with van der Waals surface area (Å²) in [6.07, 6.45) is 7.72. The van der Waals surface area contributed by atoms with Crippen LogP contribution >= 0.6 is 0 Å². The van der Waals surface area contributed by atoms with E-state index in [0.717, 1.165) is 31.3 Å². The minimum Gasteiger partial charge on any atom is -0.410 e. The lowest BCUT2D eigenvalue weighted by Crippen LogP contribution is -2.50. The standard InChI is InChI=1S/C20H23N3O5S2/c21-29(25,26)13-3-4-14-15-5-6-20(30(22,27)28,18-8-11-1-2-12(18)7-11)10-17(15)19(23-24)16(14)9-13/h3-5,9-12,18,24H,1-2,6-8H2,(H2,21,25,26)(H2,22,27,28). The van der Waals surface area contributed by atoms with Gasteiger partial charge in [-0.3, -0.25) is 0 Å². The van der Waals surface area contributed by atoms with Gasteiger partial charge in [0.15, 0.2) is 0 Å². The highest BCUT2D eigenvalue weighted by Gasteiger charge is 2.56. The van der Waals surface area contributed by atoms with Crippen molar-refractivity contribution in [3.63, 3.8) is 0 Å². The molecule has 0 amide bonds. The summed E-state index contributed by atoms with van der Waals surface area (Å²) in [5.41, 5.74) is 2.41. The molecule has 0 heterocycles. The molecule has 2 fully saturated rings. The van der Waals surface area contributed by atoms with Crippen molar-refractivity contribution in [2.24, 2.45) is 33.2 Å². The number of rotatable bonds is 3. The monoisotopic (exact) mass is 449 g/mol. The first-order valence-electron chi connectivity index (χ1n) is 9.91. The van der Waals surface area contributed by atoms with Crippen molar-refractivity contribution < 1.29 is 22.0 Å². The average molecular weight is 450 g/mol. The van der Waals surface area contributed by atoms with E-state index in [1.807, 2.05) is 6.08 Å². The van der Waals surface area contributed by atoms with Crippen LogP contribution in [0.5, 0.6) is 0 Å². The Bertz CT molecular complexity index is 1260. The second kappa shape index (κ2) is 6.25. The van der Waals surface area contributed by atoms with E-state index in [-0.39, 0.29) is 22.9 Å². The van der Waals surface area contributed by atoms with Crippen LogP contribution in [0.25, 0.3) is 5.57 Å². The summed E-state index contributed by atoms with van der Waals surface area (Å²) >= 11 is 0. The van der Waals surface area contributed by atoms with Crippen LogP contribution in [0, 0.1) is 17.8 Å². The van der Waals surface area contributed by atoms with E-state index in [1.54, 1.807) is 12.1 Å². The van der Waals surface area contributed by atoms with Crippen molar-refractivity contribution in [3.8, 4) is 0 Å². The summed E-state index contributed by atoms with van der Waals surface area (Å²) in [6.45, 7) is 0. The zero-order valence-corrected chi connectivity index (χ0v) is 17.8. The topological polar surface area (TPSA) is 153 Å². The highest BCUT2D eigenvalue weighted by Crippen LogP contribution is 2.57. The number of primary sulfonamides is 2. The normalized spacial score (nSPS) is 33.9. The van der Waals surface area contributed by atoms with Crippen LogP contribution < -0.4 is 10.3 Å². The molecule has 0 saturated heterocycles. The van der Waals surface area contributed by atoms with Gasteiger partial charge in [0.1, 0.15) is 10.5 Å². The third kappa shape index (κ3) is 2.67. The highest BCUT2D eigenvalue weighted by atomic mass is 32.2. The quantitative estimate of drug-likeness (QED) is 0.473. The minimum absolute atomic E-state index is 0.0832. The predicted octanol–water partition coefficient (Wildman–Crippen LogP) is 1.70. The summed E-state index contributed by atoms with van der Waals surface area (Å²) in [6, 6.07) is 4.36. The van der Waals surface area contributed by atoms with E-state index in [0.29, 0.717) is 28.5 Å². The molecule has 1 aromatic carbocycles. The summed E-state index contributed by atoms with van der Waals surface area (Å²) in [5.74, 6) is 0.763. The number of fused-ring (bicyclic) bond motifs is 5. The van der Waals surface area contributed by atoms with Crippen LogP contribution in [0.15, 0.2) is 46.0 Å². The Morgan fingerprint density at radius 3 is 2.37 bits per heavy atom. The molecule has 0 spiro atoms. The molecule has 8 nitrogen and oxygen atoms in total. The molecule has 5 N–H and O–H groups in total. The molecule has 30 heavy (non-hydrogen) atoms.